The first-order chi connectivity index (χ1) is 13.0. The van der Waals surface area contributed by atoms with Crippen molar-refractivity contribution < 1.29 is 0 Å². The van der Waals surface area contributed by atoms with Gasteiger partial charge in [0, 0.05) is 43.9 Å². The lowest BCUT2D eigenvalue weighted by Crippen LogP contribution is -2.25. The molecule has 2 aliphatic rings. The number of nitrogens with zero attached hydrogens (tertiary/aromatic N) is 6. The van der Waals surface area contributed by atoms with Crippen LogP contribution in [-0.2, 0) is 7.05 Å². The lowest BCUT2D eigenvalue weighted by molar-refractivity contribution is 0.328. The van der Waals surface area contributed by atoms with Gasteiger partial charge in [0.2, 0.25) is 0 Å². The fourth-order valence-corrected chi connectivity index (χ4v) is 4.01. The maximum absolute atomic E-state index is 4.92. The fourth-order valence-electron chi connectivity index (χ4n) is 4.01. The molecule has 1 aromatic carbocycles. The van der Waals surface area contributed by atoms with E-state index in [2.05, 4.69) is 74.1 Å². The van der Waals surface area contributed by atoms with E-state index in [1.54, 1.807) is 0 Å². The normalized spacial score (nSPS) is 23.9. The Balaban J connectivity index is 1.43. The second kappa shape index (κ2) is 5.81. The highest BCUT2D eigenvalue weighted by Crippen LogP contribution is 2.53. The summed E-state index contributed by atoms with van der Waals surface area (Å²) in [7, 11) is 4.17. The zero-order valence-corrected chi connectivity index (χ0v) is 16.2. The average molecular weight is 360 g/mol. The predicted octanol–water partition coefficient (Wildman–Crippen LogP) is 3.77. The summed E-state index contributed by atoms with van der Waals surface area (Å²) in [5, 5.41) is 4.82. The SMILES string of the molecule is CC1=CN(C)C(C)c2nc(C3CC3c3nc(-c4ccccc4)cn3C)nn21. The van der Waals surface area contributed by atoms with Crippen LogP contribution in [0.5, 0.6) is 0 Å². The number of fused-ring (bicyclic) bond motifs is 1. The molecule has 0 N–H and O–H groups in total. The van der Waals surface area contributed by atoms with Gasteiger partial charge in [-0.15, -0.1) is 0 Å². The number of aromatic nitrogens is 5. The molecule has 1 saturated carbocycles. The highest BCUT2D eigenvalue weighted by molar-refractivity contribution is 5.58. The smallest absolute Gasteiger partial charge is 0.155 e. The lowest BCUT2D eigenvalue weighted by Gasteiger charge is -2.27. The highest BCUT2D eigenvalue weighted by atomic mass is 15.4. The summed E-state index contributed by atoms with van der Waals surface area (Å²) in [5.41, 5.74) is 3.31. The molecule has 1 aliphatic carbocycles. The van der Waals surface area contributed by atoms with Crippen LogP contribution in [0.2, 0.25) is 0 Å². The molecule has 0 spiro atoms. The first-order valence-corrected chi connectivity index (χ1v) is 9.49. The fraction of sp³-hybridized carbons (Fsp3) is 0.381. The predicted molar refractivity (Wildman–Crippen MR) is 105 cm³/mol. The number of rotatable bonds is 3. The maximum atomic E-state index is 4.92. The second-order valence-corrected chi connectivity index (χ2v) is 7.76. The van der Waals surface area contributed by atoms with Crippen LogP contribution in [0.3, 0.4) is 0 Å². The van der Waals surface area contributed by atoms with Crippen molar-refractivity contribution in [2.75, 3.05) is 7.05 Å². The van der Waals surface area contributed by atoms with Crippen LogP contribution in [0, 0.1) is 0 Å². The molecule has 0 amide bonds. The van der Waals surface area contributed by atoms with Crippen molar-refractivity contribution >= 4 is 5.70 Å². The van der Waals surface area contributed by atoms with Crippen molar-refractivity contribution in [2.24, 2.45) is 7.05 Å². The molecule has 6 nitrogen and oxygen atoms in total. The minimum Gasteiger partial charge on any atom is -0.369 e. The van der Waals surface area contributed by atoms with E-state index in [1.807, 2.05) is 10.7 Å². The summed E-state index contributed by atoms with van der Waals surface area (Å²) in [6, 6.07) is 10.6. The first-order valence-electron chi connectivity index (χ1n) is 9.49. The molecule has 0 saturated heterocycles. The van der Waals surface area contributed by atoms with E-state index in [1.165, 1.54) is 0 Å². The van der Waals surface area contributed by atoms with E-state index in [9.17, 15) is 0 Å². The molecule has 138 valence electrons. The summed E-state index contributed by atoms with van der Waals surface area (Å²) in [6.45, 7) is 4.25. The minimum absolute atomic E-state index is 0.241. The molecular formula is C21H24N6. The number of aryl methyl sites for hydroxylation is 1. The molecular weight excluding hydrogens is 336 g/mol. The second-order valence-electron chi connectivity index (χ2n) is 7.76. The van der Waals surface area contributed by atoms with Crippen LogP contribution in [0.4, 0.5) is 0 Å². The van der Waals surface area contributed by atoms with Crippen LogP contribution in [-0.4, -0.2) is 36.3 Å². The maximum Gasteiger partial charge on any atom is 0.155 e. The van der Waals surface area contributed by atoms with Crippen LogP contribution in [0.15, 0.2) is 42.7 Å². The number of benzene rings is 1. The van der Waals surface area contributed by atoms with Crippen molar-refractivity contribution in [3.05, 3.63) is 60.2 Å². The van der Waals surface area contributed by atoms with Crippen molar-refractivity contribution in [1.82, 2.24) is 29.2 Å². The molecule has 1 aliphatic heterocycles. The van der Waals surface area contributed by atoms with Gasteiger partial charge in [-0.05, 0) is 20.3 Å². The third kappa shape index (κ3) is 2.59. The molecule has 5 rings (SSSR count). The summed E-state index contributed by atoms with van der Waals surface area (Å²) >= 11 is 0. The Labute approximate surface area is 159 Å². The van der Waals surface area contributed by atoms with Crippen LogP contribution in [0.1, 0.15) is 55.6 Å². The van der Waals surface area contributed by atoms with Gasteiger partial charge >= 0.3 is 0 Å². The van der Waals surface area contributed by atoms with E-state index >= 15 is 0 Å². The van der Waals surface area contributed by atoms with Gasteiger partial charge in [0.05, 0.1) is 17.4 Å². The Morgan fingerprint density at radius 2 is 1.78 bits per heavy atom. The molecule has 27 heavy (non-hydrogen) atoms. The lowest BCUT2D eigenvalue weighted by atomic mass is 10.2. The molecule has 3 heterocycles. The number of hydrogen-bond acceptors (Lipinski definition) is 4. The zero-order chi connectivity index (χ0) is 18.7. The third-order valence-electron chi connectivity index (χ3n) is 5.79. The van der Waals surface area contributed by atoms with Gasteiger partial charge in [0.1, 0.15) is 5.82 Å². The van der Waals surface area contributed by atoms with Crippen molar-refractivity contribution in [2.45, 2.75) is 38.1 Å². The average Bonchev–Trinajstić information content (AvgIpc) is 3.15. The van der Waals surface area contributed by atoms with Gasteiger partial charge in [0.15, 0.2) is 11.6 Å². The van der Waals surface area contributed by atoms with Gasteiger partial charge in [-0.25, -0.2) is 14.6 Å². The van der Waals surface area contributed by atoms with E-state index in [0.29, 0.717) is 11.8 Å². The standard InChI is InChI=1S/C21H24N6/c1-13-11-25(3)14(2)20-23-19(24-27(13)20)16-10-17(16)21-22-18(12-26(21)4)15-8-6-5-7-9-15/h5-9,11-12,14,16-17H,10H2,1-4H3. The van der Waals surface area contributed by atoms with Gasteiger partial charge in [-0.2, -0.15) is 5.10 Å². The number of allylic oxidation sites excluding steroid dienone is 1. The van der Waals surface area contributed by atoms with E-state index < -0.39 is 0 Å². The van der Waals surface area contributed by atoms with Crippen molar-refractivity contribution in [1.29, 1.82) is 0 Å². The minimum atomic E-state index is 0.241. The molecule has 0 radical (unpaired) electrons. The molecule has 0 bridgehead atoms. The Kier molecular flexibility index (Phi) is 3.50. The van der Waals surface area contributed by atoms with Crippen LogP contribution in [0.25, 0.3) is 17.0 Å². The Hall–Kier alpha value is -2.89. The van der Waals surface area contributed by atoms with Gasteiger partial charge in [-0.3, -0.25) is 0 Å². The summed E-state index contributed by atoms with van der Waals surface area (Å²) in [5.74, 6) is 3.87. The van der Waals surface area contributed by atoms with E-state index in [4.69, 9.17) is 15.1 Å². The van der Waals surface area contributed by atoms with Crippen LogP contribution < -0.4 is 0 Å². The highest BCUT2D eigenvalue weighted by Gasteiger charge is 2.46. The van der Waals surface area contributed by atoms with E-state index in [0.717, 1.165) is 40.8 Å². The topological polar surface area (TPSA) is 51.8 Å². The largest absolute Gasteiger partial charge is 0.369 e. The zero-order valence-electron chi connectivity index (χ0n) is 16.2. The number of hydrogen-bond donors (Lipinski definition) is 0. The van der Waals surface area contributed by atoms with Crippen molar-refractivity contribution in [3.63, 3.8) is 0 Å². The summed E-state index contributed by atoms with van der Waals surface area (Å²) in [6.07, 6.45) is 5.32. The molecule has 1 fully saturated rings. The Morgan fingerprint density at radius 3 is 2.56 bits per heavy atom. The molecule has 3 unspecified atom stereocenters. The van der Waals surface area contributed by atoms with Gasteiger partial charge in [0.25, 0.3) is 0 Å². The Bertz CT molecular complexity index is 1030. The molecule has 2 aromatic heterocycles. The molecule has 3 aromatic rings. The monoisotopic (exact) mass is 360 g/mol. The van der Waals surface area contributed by atoms with Crippen LogP contribution >= 0.6 is 0 Å². The molecule has 3 atom stereocenters. The quantitative estimate of drug-likeness (QED) is 0.713. The van der Waals surface area contributed by atoms with E-state index in [-0.39, 0.29) is 6.04 Å². The Morgan fingerprint density at radius 1 is 1.00 bits per heavy atom. The van der Waals surface area contributed by atoms with Crippen molar-refractivity contribution in [3.8, 4) is 11.3 Å². The summed E-state index contributed by atoms with van der Waals surface area (Å²) in [4.78, 5) is 12.0. The van der Waals surface area contributed by atoms with Gasteiger partial charge in [-0.1, -0.05) is 30.3 Å². The van der Waals surface area contributed by atoms with Gasteiger partial charge < -0.3 is 9.47 Å². The number of imidazole rings is 1. The summed E-state index contributed by atoms with van der Waals surface area (Å²) < 4.78 is 4.16. The first kappa shape index (κ1) is 16.3. The third-order valence-corrected chi connectivity index (χ3v) is 5.79. The molecule has 6 heteroatoms.